The van der Waals surface area contributed by atoms with Gasteiger partial charge in [-0.3, -0.25) is 4.98 Å². The molecule has 0 atom stereocenters. The summed E-state index contributed by atoms with van der Waals surface area (Å²) in [7, 11) is 2.11. The van der Waals surface area contributed by atoms with E-state index < -0.39 is 11.9 Å². The van der Waals surface area contributed by atoms with Gasteiger partial charge in [0.2, 0.25) is 0 Å². The fourth-order valence-corrected chi connectivity index (χ4v) is 3.84. The summed E-state index contributed by atoms with van der Waals surface area (Å²) in [5, 5.41) is 1.83. The summed E-state index contributed by atoms with van der Waals surface area (Å²) in [5.41, 5.74) is 3.29. The van der Waals surface area contributed by atoms with Crippen LogP contribution in [0.4, 0.5) is 13.2 Å². The van der Waals surface area contributed by atoms with E-state index in [-0.39, 0.29) is 0 Å². The smallest absolute Gasteiger partial charge is 0.320 e. The highest BCUT2D eigenvalue weighted by Gasteiger charge is 2.31. The van der Waals surface area contributed by atoms with Gasteiger partial charge in [-0.2, -0.15) is 13.2 Å². The standard InChI is InChI=1S/C21H19ClF3N3/c1-27-9-7-16-17-12-15(22)3-4-18(17)28(19(16)8-10-27)11-6-14-2-5-20(26-13-14)21(23,24)25/h2-6,11-13H,7-10H2,1H3/b11-6+. The van der Waals surface area contributed by atoms with E-state index in [4.69, 9.17) is 11.6 Å². The van der Waals surface area contributed by atoms with Crippen molar-refractivity contribution in [3.8, 4) is 0 Å². The molecule has 1 aliphatic rings. The summed E-state index contributed by atoms with van der Waals surface area (Å²) >= 11 is 6.23. The molecule has 0 N–H and O–H groups in total. The van der Waals surface area contributed by atoms with Crippen LogP contribution < -0.4 is 0 Å². The molecule has 7 heteroatoms. The van der Waals surface area contributed by atoms with Gasteiger partial charge in [0.1, 0.15) is 5.69 Å². The average Bonchev–Trinajstić information content (AvgIpc) is 2.79. The Morgan fingerprint density at radius 2 is 1.89 bits per heavy atom. The van der Waals surface area contributed by atoms with Gasteiger partial charge in [-0.25, -0.2) is 0 Å². The minimum absolute atomic E-state index is 0.614. The molecule has 0 aliphatic carbocycles. The molecule has 3 aromatic rings. The molecule has 0 unspecified atom stereocenters. The van der Waals surface area contributed by atoms with E-state index in [1.165, 1.54) is 23.5 Å². The molecule has 0 fully saturated rings. The van der Waals surface area contributed by atoms with Crippen LogP contribution in [0.3, 0.4) is 0 Å². The van der Waals surface area contributed by atoms with E-state index in [9.17, 15) is 13.2 Å². The van der Waals surface area contributed by atoms with E-state index in [1.807, 2.05) is 24.4 Å². The zero-order valence-corrected chi connectivity index (χ0v) is 16.1. The van der Waals surface area contributed by atoms with Crippen LogP contribution in [0.1, 0.15) is 22.5 Å². The SMILES string of the molecule is CN1CCc2c(n(/C=C/c3ccc(C(F)(F)F)nc3)c3ccc(Cl)cc23)CC1. The van der Waals surface area contributed by atoms with Crippen molar-refractivity contribution in [3.63, 3.8) is 0 Å². The normalized spacial score (nSPS) is 15.9. The van der Waals surface area contributed by atoms with E-state index in [0.29, 0.717) is 10.6 Å². The maximum absolute atomic E-state index is 12.7. The van der Waals surface area contributed by atoms with Crippen LogP contribution in [0.5, 0.6) is 0 Å². The highest BCUT2D eigenvalue weighted by molar-refractivity contribution is 6.31. The molecule has 1 aliphatic heterocycles. The zero-order valence-electron chi connectivity index (χ0n) is 15.3. The quantitative estimate of drug-likeness (QED) is 0.571. The van der Waals surface area contributed by atoms with Crippen molar-refractivity contribution in [3.05, 3.63) is 64.1 Å². The van der Waals surface area contributed by atoms with Gasteiger partial charge in [-0.15, -0.1) is 0 Å². The third kappa shape index (κ3) is 3.66. The maximum Gasteiger partial charge on any atom is 0.433 e. The molecule has 4 rings (SSSR count). The van der Waals surface area contributed by atoms with Crippen molar-refractivity contribution >= 4 is 34.8 Å². The lowest BCUT2D eigenvalue weighted by atomic mass is 10.1. The van der Waals surface area contributed by atoms with E-state index in [1.54, 1.807) is 6.08 Å². The predicted molar refractivity (Wildman–Crippen MR) is 106 cm³/mol. The number of pyridine rings is 1. The highest BCUT2D eigenvalue weighted by Crippen LogP contribution is 2.32. The first-order chi connectivity index (χ1) is 13.3. The van der Waals surface area contributed by atoms with Crippen molar-refractivity contribution in [2.75, 3.05) is 20.1 Å². The van der Waals surface area contributed by atoms with Gasteiger partial charge in [0.05, 0.1) is 5.52 Å². The van der Waals surface area contributed by atoms with E-state index in [0.717, 1.165) is 42.9 Å². The number of rotatable bonds is 2. The lowest BCUT2D eigenvalue weighted by molar-refractivity contribution is -0.141. The lowest BCUT2D eigenvalue weighted by Gasteiger charge is -2.12. The number of nitrogens with zero attached hydrogens (tertiary/aromatic N) is 3. The second-order valence-corrected chi connectivity index (χ2v) is 7.49. The molecule has 0 saturated carbocycles. The number of halogens is 4. The minimum Gasteiger partial charge on any atom is -0.320 e. The van der Waals surface area contributed by atoms with Crippen LogP contribution in [0.25, 0.3) is 23.2 Å². The van der Waals surface area contributed by atoms with Gasteiger partial charge in [0.15, 0.2) is 0 Å². The Labute approximate surface area is 166 Å². The number of aromatic nitrogens is 2. The molecule has 3 heterocycles. The van der Waals surface area contributed by atoms with Crippen molar-refractivity contribution in [1.82, 2.24) is 14.5 Å². The van der Waals surface area contributed by atoms with Crippen LogP contribution in [0.15, 0.2) is 36.5 Å². The van der Waals surface area contributed by atoms with Crippen LogP contribution in [-0.2, 0) is 19.0 Å². The first-order valence-corrected chi connectivity index (χ1v) is 9.42. The monoisotopic (exact) mass is 405 g/mol. The summed E-state index contributed by atoms with van der Waals surface area (Å²) in [6.45, 7) is 1.93. The van der Waals surface area contributed by atoms with Gasteiger partial charge in [-0.05, 0) is 54.9 Å². The van der Waals surface area contributed by atoms with Crippen molar-refractivity contribution in [2.45, 2.75) is 19.0 Å². The third-order valence-electron chi connectivity index (χ3n) is 5.15. The number of benzene rings is 1. The van der Waals surface area contributed by atoms with E-state index >= 15 is 0 Å². The Balaban J connectivity index is 1.75. The van der Waals surface area contributed by atoms with Gasteiger partial charge < -0.3 is 9.47 Å². The second-order valence-electron chi connectivity index (χ2n) is 7.05. The fraction of sp³-hybridized carbons (Fsp3) is 0.286. The molecule has 146 valence electrons. The molecule has 0 saturated heterocycles. The number of likely N-dealkylation sites (N-methyl/N-ethyl adjacent to an activating group) is 1. The first kappa shape index (κ1) is 19.0. The summed E-state index contributed by atoms with van der Waals surface area (Å²) < 4.78 is 40.2. The van der Waals surface area contributed by atoms with Crippen molar-refractivity contribution in [2.24, 2.45) is 0 Å². The number of hydrogen-bond donors (Lipinski definition) is 0. The van der Waals surface area contributed by atoms with Crippen LogP contribution in [-0.4, -0.2) is 34.6 Å². The zero-order chi connectivity index (χ0) is 19.9. The molecule has 0 radical (unpaired) electrons. The first-order valence-electron chi connectivity index (χ1n) is 9.04. The Morgan fingerprint density at radius 1 is 1.11 bits per heavy atom. The molecule has 0 spiro atoms. The molecular weight excluding hydrogens is 387 g/mol. The Hall–Kier alpha value is -2.31. The Bertz CT molecular complexity index is 1040. The van der Waals surface area contributed by atoms with Crippen molar-refractivity contribution in [1.29, 1.82) is 0 Å². The molecule has 0 bridgehead atoms. The molecule has 0 amide bonds. The molecule has 28 heavy (non-hydrogen) atoms. The lowest BCUT2D eigenvalue weighted by Crippen LogP contribution is -2.21. The summed E-state index contributed by atoms with van der Waals surface area (Å²) in [5.74, 6) is 0. The fourth-order valence-electron chi connectivity index (χ4n) is 3.67. The predicted octanol–water partition coefficient (Wildman–Crippen LogP) is 5.37. The number of alkyl halides is 3. The summed E-state index contributed by atoms with van der Waals surface area (Å²) in [6, 6.07) is 8.28. The van der Waals surface area contributed by atoms with Crippen LogP contribution in [0, 0.1) is 0 Å². The topological polar surface area (TPSA) is 21.1 Å². The second kappa shape index (κ2) is 7.26. The molecular formula is C21H19ClF3N3. The van der Waals surface area contributed by atoms with Crippen molar-refractivity contribution < 1.29 is 13.2 Å². The van der Waals surface area contributed by atoms with Crippen LogP contribution in [0.2, 0.25) is 5.02 Å². The third-order valence-corrected chi connectivity index (χ3v) is 5.38. The molecule has 1 aromatic carbocycles. The summed E-state index contributed by atoms with van der Waals surface area (Å²) in [6.07, 6.45) is 2.34. The number of hydrogen-bond acceptors (Lipinski definition) is 2. The van der Waals surface area contributed by atoms with Gasteiger partial charge in [0, 0.05) is 48.0 Å². The number of fused-ring (bicyclic) bond motifs is 3. The Morgan fingerprint density at radius 3 is 2.61 bits per heavy atom. The van der Waals surface area contributed by atoms with Crippen LogP contribution >= 0.6 is 11.6 Å². The van der Waals surface area contributed by atoms with Gasteiger partial charge in [-0.1, -0.05) is 17.7 Å². The van der Waals surface area contributed by atoms with Gasteiger partial charge >= 0.3 is 6.18 Å². The summed E-state index contributed by atoms with van der Waals surface area (Å²) in [4.78, 5) is 5.82. The highest BCUT2D eigenvalue weighted by atomic mass is 35.5. The molecule has 2 aromatic heterocycles. The minimum atomic E-state index is -4.43. The Kier molecular flexibility index (Phi) is 4.93. The van der Waals surface area contributed by atoms with E-state index in [2.05, 4.69) is 21.5 Å². The largest absolute Gasteiger partial charge is 0.433 e. The average molecular weight is 406 g/mol. The van der Waals surface area contributed by atoms with Gasteiger partial charge in [0.25, 0.3) is 0 Å². The molecule has 3 nitrogen and oxygen atoms in total. The maximum atomic E-state index is 12.7.